The molecule has 1 fully saturated rings. The van der Waals surface area contributed by atoms with Crippen LogP contribution < -0.4 is 4.90 Å². The van der Waals surface area contributed by atoms with Crippen molar-refractivity contribution in [1.82, 2.24) is 0 Å². The lowest BCUT2D eigenvalue weighted by Crippen LogP contribution is -2.56. The van der Waals surface area contributed by atoms with E-state index in [9.17, 15) is 9.59 Å². The fourth-order valence-corrected chi connectivity index (χ4v) is 4.05. The molecule has 5 nitrogen and oxygen atoms in total. The molecule has 3 atom stereocenters. The Kier molecular flexibility index (Phi) is 4.42. The quantitative estimate of drug-likeness (QED) is 0.599. The second kappa shape index (κ2) is 6.74. The number of halogens is 1. The highest BCUT2D eigenvalue weighted by atomic mass is 35.5. The van der Waals surface area contributed by atoms with Gasteiger partial charge in [0.25, 0.3) is 0 Å². The Morgan fingerprint density at radius 2 is 2.04 bits per heavy atom. The number of methoxy groups -OCH3 is 1. The van der Waals surface area contributed by atoms with Gasteiger partial charge in [0.15, 0.2) is 0 Å². The van der Waals surface area contributed by atoms with Gasteiger partial charge in [0.2, 0.25) is 5.91 Å². The zero-order chi connectivity index (χ0) is 18.3. The maximum atomic E-state index is 13.3. The minimum absolute atomic E-state index is 0.301. The molecule has 0 bridgehead atoms. The average Bonchev–Trinajstić information content (AvgIpc) is 2.66. The Bertz CT molecular complexity index is 868. The van der Waals surface area contributed by atoms with Gasteiger partial charge in [0.05, 0.1) is 19.4 Å². The van der Waals surface area contributed by atoms with E-state index < -0.39 is 18.1 Å². The zero-order valence-corrected chi connectivity index (χ0v) is 15.0. The van der Waals surface area contributed by atoms with Crippen LogP contribution in [-0.4, -0.2) is 25.2 Å². The second-order valence-electron chi connectivity index (χ2n) is 6.50. The number of benzene rings is 2. The molecule has 4 rings (SSSR count). The van der Waals surface area contributed by atoms with Crippen molar-refractivity contribution in [3.63, 3.8) is 0 Å². The number of esters is 1. The van der Waals surface area contributed by atoms with E-state index in [1.807, 2.05) is 36.4 Å². The molecule has 1 saturated heterocycles. The van der Waals surface area contributed by atoms with Crippen molar-refractivity contribution in [2.24, 2.45) is 5.92 Å². The molecule has 6 heteroatoms. The third-order valence-corrected chi connectivity index (χ3v) is 5.30. The summed E-state index contributed by atoms with van der Waals surface area (Å²) in [6, 6.07) is 14.9. The highest BCUT2D eigenvalue weighted by Crippen LogP contribution is 2.43. The number of ether oxygens (including phenoxy) is 2. The van der Waals surface area contributed by atoms with Crippen molar-refractivity contribution in [2.45, 2.75) is 25.2 Å². The lowest BCUT2D eigenvalue weighted by molar-refractivity contribution is -0.154. The number of para-hydroxylation sites is 1. The summed E-state index contributed by atoms with van der Waals surface area (Å²) >= 11 is 6.12. The molecule has 0 N–H and O–H groups in total. The van der Waals surface area contributed by atoms with E-state index in [1.165, 1.54) is 7.11 Å². The third-order valence-electron chi connectivity index (χ3n) is 5.06. The van der Waals surface area contributed by atoms with Gasteiger partial charge in [-0.3, -0.25) is 14.5 Å². The van der Waals surface area contributed by atoms with Crippen LogP contribution in [0.2, 0.25) is 5.02 Å². The summed E-state index contributed by atoms with van der Waals surface area (Å²) in [5, 5.41) is 0.566. The molecule has 26 heavy (non-hydrogen) atoms. The highest BCUT2D eigenvalue weighted by Gasteiger charge is 2.49. The van der Waals surface area contributed by atoms with E-state index in [1.54, 1.807) is 17.0 Å². The standard InChI is InChI=1S/C20H18ClNO4/c1-25-20(24)18-15(12-6-4-7-14(21)9-12)10-17-22(19(18)23)16-8-3-2-5-13(16)11-26-17/h2-9,15,17-18H,10-11H2,1H3/t15-,17+,18-/m1/s1. The Morgan fingerprint density at radius 3 is 2.81 bits per heavy atom. The SMILES string of the molecule is COC(=O)[C@H]1C(=O)N2c3ccccc3CO[C@H]2C[C@@H]1c1cccc(Cl)c1. The third kappa shape index (κ3) is 2.77. The van der Waals surface area contributed by atoms with Crippen molar-refractivity contribution < 1.29 is 19.1 Å². The Balaban J connectivity index is 1.78. The van der Waals surface area contributed by atoms with Gasteiger partial charge in [-0.15, -0.1) is 0 Å². The molecular formula is C20H18ClNO4. The molecular weight excluding hydrogens is 354 g/mol. The average molecular weight is 372 g/mol. The number of nitrogens with zero attached hydrogens (tertiary/aromatic N) is 1. The fourth-order valence-electron chi connectivity index (χ4n) is 3.85. The smallest absolute Gasteiger partial charge is 0.318 e. The zero-order valence-electron chi connectivity index (χ0n) is 14.2. The van der Waals surface area contributed by atoms with Crippen LogP contribution in [0.15, 0.2) is 48.5 Å². The monoisotopic (exact) mass is 371 g/mol. The van der Waals surface area contributed by atoms with Crippen LogP contribution in [0, 0.1) is 5.92 Å². The lowest BCUT2D eigenvalue weighted by Gasteiger charge is -2.45. The van der Waals surface area contributed by atoms with Crippen LogP contribution in [0.4, 0.5) is 5.69 Å². The minimum Gasteiger partial charge on any atom is -0.468 e. The first-order valence-corrected chi connectivity index (χ1v) is 8.84. The van der Waals surface area contributed by atoms with Gasteiger partial charge < -0.3 is 9.47 Å². The number of piperidine rings is 1. The van der Waals surface area contributed by atoms with Crippen molar-refractivity contribution in [2.75, 3.05) is 12.0 Å². The van der Waals surface area contributed by atoms with Crippen LogP contribution in [0.1, 0.15) is 23.5 Å². The molecule has 2 aromatic rings. The predicted octanol–water partition coefficient (Wildman–Crippen LogP) is 3.51. The number of rotatable bonds is 2. The molecule has 0 saturated carbocycles. The molecule has 2 aliphatic heterocycles. The number of hydrogen-bond acceptors (Lipinski definition) is 4. The summed E-state index contributed by atoms with van der Waals surface area (Å²) in [7, 11) is 1.30. The fraction of sp³-hybridized carbons (Fsp3) is 0.300. The van der Waals surface area contributed by atoms with Crippen molar-refractivity contribution in [1.29, 1.82) is 0 Å². The van der Waals surface area contributed by atoms with Crippen LogP contribution >= 0.6 is 11.6 Å². The topological polar surface area (TPSA) is 55.8 Å². The number of anilines is 1. The van der Waals surface area contributed by atoms with Crippen LogP contribution in [0.5, 0.6) is 0 Å². The van der Waals surface area contributed by atoms with Crippen molar-refractivity contribution >= 4 is 29.2 Å². The summed E-state index contributed by atoms with van der Waals surface area (Å²) in [6.07, 6.45) is 0.0856. The maximum Gasteiger partial charge on any atom is 0.318 e. The second-order valence-corrected chi connectivity index (χ2v) is 6.94. The summed E-state index contributed by atoms with van der Waals surface area (Å²) in [5.74, 6) is -2.11. The van der Waals surface area contributed by atoms with Gasteiger partial charge in [0.1, 0.15) is 12.1 Å². The van der Waals surface area contributed by atoms with Crippen molar-refractivity contribution in [3.05, 3.63) is 64.7 Å². The lowest BCUT2D eigenvalue weighted by atomic mass is 9.78. The van der Waals surface area contributed by atoms with Gasteiger partial charge in [-0.1, -0.05) is 41.9 Å². The first kappa shape index (κ1) is 17.1. The highest BCUT2D eigenvalue weighted by molar-refractivity contribution is 6.30. The van der Waals surface area contributed by atoms with E-state index in [0.717, 1.165) is 16.8 Å². The van der Waals surface area contributed by atoms with E-state index >= 15 is 0 Å². The van der Waals surface area contributed by atoms with E-state index in [-0.39, 0.29) is 11.8 Å². The molecule has 2 aromatic carbocycles. The molecule has 0 spiro atoms. The molecule has 0 radical (unpaired) electrons. The first-order chi connectivity index (χ1) is 12.6. The minimum atomic E-state index is -0.926. The summed E-state index contributed by atoms with van der Waals surface area (Å²) < 4.78 is 10.9. The molecule has 2 heterocycles. The van der Waals surface area contributed by atoms with E-state index in [2.05, 4.69) is 0 Å². The first-order valence-electron chi connectivity index (χ1n) is 8.46. The molecule has 1 amide bonds. The van der Waals surface area contributed by atoms with Crippen LogP contribution in [0.25, 0.3) is 0 Å². The number of fused-ring (bicyclic) bond motifs is 3. The Labute approximate surface area is 156 Å². The normalized spacial score (nSPS) is 24.6. The molecule has 2 aliphatic rings. The van der Waals surface area contributed by atoms with Crippen LogP contribution in [0.3, 0.4) is 0 Å². The van der Waals surface area contributed by atoms with Gasteiger partial charge in [0, 0.05) is 22.9 Å². The van der Waals surface area contributed by atoms with Gasteiger partial charge >= 0.3 is 5.97 Å². The summed E-state index contributed by atoms with van der Waals surface area (Å²) in [6.45, 7) is 0.440. The summed E-state index contributed by atoms with van der Waals surface area (Å²) in [5.41, 5.74) is 2.57. The van der Waals surface area contributed by atoms with Gasteiger partial charge in [-0.05, 0) is 23.8 Å². The largest absolute Gasteiger partial charge is 0.468 e. The Morgan fingerprint density at radius 1 is 1.23 bits per heavy atom. The predicted molar refractivity (Wildman–Crippen MR) is 96.8 cm³/mol. The summed E-state index contributed by atoms with van der Waals surface area (Å²) in [4.78, 5) is 27.4. The number of carbonyl (C=O) groups is 2. The molecule has 134 valence electrons. The number of amides is 1. The number of carbonyl (C=O) groups excluding carboxylic acids is 2. The molecule has 0 aromatic heterocycles. The van der Waals surface area contributed by atoms with Gasteiger partial charge in [-0.2, -0.15) is 0 Å². The van der Waals surface area contributed by atoms with Crippen molar-refractivity contribution in [3.8, 4) is 0 Å². The van der Waals surface area contributed by atoms with Gasteiger partial charge in [-0.25, -0.2) is 0 Å². The maximum absolute atomic E-state index is 13.3. The van der Waals surface area contributed by atoms with E-state index in [0.29, 0.717) is 18.1 Å². The molecule has 0 unspecified atom stereocenters. The van der Waals surface area contributed by atoms with E-state index in [4.69, 9.17) is 21.1 Å². The van der Waals surface area contributed by atoms with Crippen LogP contribution in [-0.2, 0) is 25.7 Å². The Hall–Kier alpha value is -2.37. The molecule has 0 aliphatic carbocycles. The number of hydrogen-bond donors (Lipinski definition) is 0.